The zero-order valence-corrected chi connectivity index (χ0v) is 9.46. The molecule has 0 saturated heterocycles. The predicted molar refractivity (Wildman–Crippen MR) is 59.1 cm³/mol. The molecule has 1 atom stereocenters. The Bertz CT molecular complexity index is 516. The lowest BCUT2D eigenvalue weighted by molar-refractivity contribution is 0.0688. The maximum atomic E-state index is 10.8. The molecule has 2 heterocycles. The Balaban J connectivity index is 2.37. The van der Waals surface area contributed by atoms with Crippen molar-refractivity contribution in [3.05, 3.63) is 45.0 Å². The van der Waals surface area contributed by atoms with Crippen molar-refractivity contribution in [3.63, 3.8) is 0 Å². The largest absolute Gasteiger partial charge is 0.478 e. The summed E-state index contributed by atoms with van der Waals surface area (Å²) in [6, 6.07) is 4.57. The summed E-state index contributed by atoms with van der Waals surface area (Å²) in [5.74, 6) is -1.11. The van der Waals surface area contributed by atoms with Gasteiger partial charge in [-0.05, 0) is 18.2 Å². The highest BCUT2D eigenvalue weighted by atomic mass is 35.5. The highest BCUT2D eigenvalue weighted by Gasteiger charge is 2.23. The molecular weight excluding hydrogens is 252 g/mol. The number of rotatable bonds is 3. The number of furan rings is 1. The average molecular weight is 259 g/mol. The van der Waals surface area contributed by atoms with Crippen molar-refractivity contribution in [2.45, 2.75) is 6.10 Å². The first-order valence-corrected chi connectivity index (χ1v) is 5.53. The monoisotopic (exact) mass is 258 g/mol. The van der Waals surface area contributed by atoms with Crippen molar-refractivity contribution in [1.29, 1.82) is 0 Å². The quantitative estimate of drug-likeness (QED) is 0.888. The van der Waals surface area contributed by atoms with Crippen molar-refractivity contribution in [2.24, 2.45) is 0 Å². The zero-order chi connectivity index (χ0) is 11.7. The van der Waals surface area contributed by atoms with Gasteiger partial charge in [0.1, 0.15) is 11.7 Å². The zero-order valence-electron chi connectivity index (χ0n) is 7.88. The van der Waals surface area contributed by atoms with E-state index >= 15 is 0 Å². The number of carboxylic acids is 1. The van der Waals surface area contributed by atoms with Crippen LogP contribution in [0.4, 0.5) is 0 Å². The third kappa shape index (κ3) is 1.97. The van der Waals surface area contributed by atoms with Gasteiger partial charge in [-0.25, -0.2) is 4.79 Å². The van der Waals surface area contributed by atoms with Crippen LogP contribution >= 0.6 is 22.9 Å². The predicted octanol–water partition coefficient (Wildman–Crippen LogP) is 2.77. The molecule has 2 aromatic heterocycles. The van der Waals surface area contributed by atoms with Crippen LogP contribution in [0.15, 0.2) is 28.9 Å². The number of aliphatic hydroxyl groups excluding tert-OH is 1. The molecule has 0 saturated carbocycles. The lowest BCUT2D eigenvalue weighted by Gasteiger charge is -2.05. The Kier molecular flexibility index (Phi) is 3.00. The number of carboxylic acid groups (broad SMARTS) is 1. The van der Waals surface area contributed by atoms with Crippen LogP contribution in [0.25, 0.3) is 0 Å². The van der Waals surface area contributed by atoms with Gasteiger partial charge >= 0.3 is 5.97 Å². The maximum Gasteiger partial charge on any atom is 0.339 e. The van der Waals surface area contributed by atoms with Gasteiger partial charge in [-0.3, -0.25) is 0 Å². The lowest BCUT2D eigenvalue weighted by Crippen LogP contribution is -2.04. The highest BCUT2D eigenvalue weighted by molar-refractivity contribution is 7.16. The minimum absolute atomic E-state index is 0.0195. The first-order chi connectivity index (χ1) is 7.59. The summed E-state index contributed by atoms with van der Waals surface area (Å²) >= 11 is 6.91. The summed E-state index contributed by atoms with van der Waals surface area (Å²) in [4.78, 5) is 11.4. The highest BCUT2D eigenvalue weighted by Crippen LogP contribution is 2.32. The molecule has 2 rings (SSSR count). The summed E-state index contributed by atoms with van der Waals surface area (Å²) in [7, 11) is 0. The van der Waals surface area contributed by atoms with E-state index < -0.39 is 12.1 Å². The van der Waals surface area contributed by atoms with Gasteiger partial charge in [-0.1, -0.05) is 11.6 Å². The van der Waals surface area contributed by atoms with Crippen LogP contribution in [-0.4, -0.2) is 16.2 Å². The topological polar surface area (TPSA) is 70.7 Å². The van der Waals surface area contributed by atoms with E-state index in [4.69, 9.17) is 21.1 Å². The van der Waals surface area contributed by atoms with Crippen LogP contribution < -0.4 is 0 Å². The molecule has 0 amide bonds. The van der Waals surface area contributed by atoms with E-state index in [1.54, 1.807) is 12.1 Å². The molecule has 0 aliphatic carbocycles. The SMILES string of the molecule is O=C(O)c1ccoc1C(O)c1ccc(Cl)s1. The van der Waals surface area contributed by atoms with Crippen LogP contribution in [0.5, 0.6) is 0 Å². The maximum absolute atomic E-state index is 10.8. The molecular formula is C10H7ClO4S. The lowest BCUT2D eigenvalue weighted by atomic mass is 10.1. The van der Waals surface area contributed by atoms with Crippen molar-refractivity contribution in [2.75, 3.05) is 0 Å². The van der Waals surface area contributed by atoms with Crippen LogP contribution in [0, 0.1) is 0 Å². The van der Waals surface area contributed by atoms with Crippen LogP contribution in [0.2, 0.25) is 4.34 Å². The van der Waals surface area contributed by atoms with E-state index in [2.05, 4.69) is 0 Å². The fraction of sp³-hybridized carbons (Fsp3) is 0.100. The number of aliphatic hydroxyl groups is 1. The summed E-state index contributed by atoms with van der Waals surface area (Å²) in [6.45, 7) is 0. The van der Waals surface area contributed by atoms with E-state index in [0.717, 1.165) is 0 Å². The van der Waals surface area contributed by atoms with Crippen LogP contribution in [0.1, 0.15) is 27.1 Å². The van der Waals surface area contributed by atoms with Gasteiger partial charge in [0, 0.05) is 4.88 Å². The molecule has 0 radical (unpaired) electrons. The van der Waals surface area contributed by atoms with Crippen LogP contribution in [-0.2, 0) is 0 Å². The number of thiophene rings is 1. The number of carbonyl (C=O) groups is 1. The first kappa shape index (κ1) is 11.2. The fourth-order valence-corrected chi connectivity index (χ4v) is 2.36. The van der Waals surface area contributed by atoms with E-state index in [1.165, 1.54) is 23.7 Å². The molecule has 6 heteroatoms. The summed E-state index contributed by atoms with van der Waals surface area (Å²) in [5.41, 5.74) is -0.0444. The molecule has 0 fully saturated rings. The fourth-order valence-electron chi connectivity index (χ4n) is 1.31. The Morgan fingerprint density at radius 2 is 2.19 bits per heavy atom. The molecule has 84 valence electrons. The normalized spacial score (nSPS) is 12.6. The smallest absolute Gasteiger partial charge is 0.339 e. The number of hydrogen-bond acceptors (Lipinski definition) is 4. The summed E-state index contributed by atoms with van der Waals surface area (Å²) < 4.78 is 5.51. The van der Waals surface area contributed by atoms with Gasteiger partial charge in [0.2, 0.25) is 0 Å². The molecule has 16 heavy (non-hydrogen) atoms. The molecule has 0 aromatic carbocycles. The van der Waals surface area contributed by atoms with Gasteiger partial charge < -0.3 is 14.6 Å². The summed E-state index contributed by atoms with van der Waals surface area (Å²) in [5, 5.41) is 18.8. The third-order valence-electron chi connectivity index (χ3n) is 2.04. The third-order valence-corrected chi connectivity index (χ3v) is 3.32. The first-order valence-electron chi connectivity index (χ1n) is 4.33. The molecule has 2 aromatic rings. The second kappa shape index (κ2) is 4.29. The molecule has 0 spiro atoms. The number of hydrogen-bond donors (Lipinski definition) is 2. The molecule has 0 aliphatic rings. The van der Waals surface area contributed by atoms with Gasteiger partial charge in [-0.15, -0.1) is 11.3 Å². The minimum Gasteiger partial charge on any atom is -0.478 e. The molecule has 0 aliphatic heterocycles. The Labute approximate surface area is 99.7 Å². The van der Waals surface area contributed by atoms with E-state index in [0.29, 0.717) is 9.21 Å². The van der Waals surface area contributed by atoms with Gasteiger partial charge in [0.15, 0.2) is 5.76 Å². The standard InChI is InChI=1S/C10H7ClO4S/c11-7-2-1-6(16-7)8(12)9-5(10(13)14)3-4-15-9/h1-4,8,12H,(H,13,14). The summed E-state index contributed by atoms with van der Waals surface area (Å²) in [6.07, 6.45) is 0.135. The van der Waals surface area contributed by atoms with Crippen molar-refractivity contribution in [1.82, 2.24) is 0 Å². The Hall–Kier alpha value is -1.30. The van der Waals surface area contributed by atoms with Crippen LogP contribution in [0.3, 0.4) is 0 Å². The molecule has 2 N–H and O–H groups in total. The van der Waals surface area contributed by atoms with E-state index in [9.17, 15) is 9.90 Å². The molecule has 4 nitrogen and oxygen atoms in total. The van der Waals surface area contributed by atoms with E-state index in [-0.39, 0.29) is 11.3 Å². The second-order valence-corrected chi connectivity index (χ2v) is 4.79. The Morgan fingerprint density at radius 1 is 1.44 bits per heavy atom. The average Bonchev–Trinajstić information content (AvgIpc) is 2.84. The van der Waals surface area contributed by atoms with E-state index in [1.807, 2.05) is 0 Å². The Morgan fingerprint density at radius 3 is 2.75 bits per heavy atom. The van der Waals surface area contributed by atoms with Gasteiger partial charge in [0.05, 0.1) is 10.6 Å². The minimum atomic E-state index is -1.13. The van der Waals surface area contributed by atoms with Crippen molar-refractivity contribution >= 4 is 28.9 Å². The number of halogens is 1. The number of aromatic carboxylic acids is 1. The van der Waals surface area contributed by atoms with Gasteiger partial charge in [-0.2, -0.15) is 0 Å². The van der Waals surface area contributed by atoms with Crippen molar-refractivity contribution in [3.8, 4) is 0 Å². The molecule has 1 unspecified atom stereocenters. The molecule has 0 bridgehead atoms. The van der Waals surface area contributed by atoms with Gasteiger partial charge in [0.25, 0.3) is 0 Å². The second-order valence-electron chi connectivity index (χ2n) is 3.05. The van der Waals surface area contributed by atoms with Crippen molar-refractivity contribution < 1.29 is 19.4 Å².